The average Bonchev–Trinajstić information content (AvgIpc) is 2.89. The van der Waals surface area contributed by atoms with Gasteiger partial charge in [-0.2, -0.15) is 0 Å². The predicted molar refractivity (Wildman–Crippen MR) is 71.6 cm³/mol. The Morgan fingerprint density at radius 1 is 1.00 bits per heavy atom. The lowest BCUT2D eigenvalue weighted by atomic mass is 10.3. The van der Waals surface area contributed by atoms with Gasteiger partial charge in [0.1, 0.15) is 6.20 Å². The van der Waals surface area contributed by atoms with Gasteiger partial charge in [-0.15, -0.1) is 11.3 Å². The molecule has 3 aromatic rings. The molecule has 2 heterocycles. The minimum absolute atomic E-state index is 0.761. The third-order valence-corrected chi connectivity index (χ3v) is 3.20. The first kappa shape index (κ1) is 10.2. The Bertz CT molecular complexity index is 657. The SMILES string of the molecule is [c]1nc2ccccc2nc1C=Cc1cccs1. The Balaban J connectivity index is 1.96. The normalized spacial score (nSPS) is 11.3. The van der Waals surface area contributed by atoms with Gasteiger partial charge >= 0.3 is 0 Å². The van der Waals surface area contributed by atoms with E-state index in [0.29, 0.717) is 0 Å². The average molecular weight is 237 g/mol. The third-order valence-electron chi connectivity index (χ3n) is 2.36. The van der Waals surface area contributed by atoms with Crippen LogP contribution in [0.4, 0.5) is 0 Å². The summed E-state index contributed by atoms with van der Waals surface area (Å²) in [6, 6.07) is 11.9. The number of nitrogens with zero attached hydrogens (tertiary/aromatic N) is 2. The predicted octanol–water partition coefficient (Wildman–Crippen LogP) is 3.66. The lowest BCUT2D eigenvalue weighted by molar-refractivity contribution is 1.25. The number of para-hydroxylation sites is 2. The van der Waals surface area contributed by atoms with Crippen LogP contribution in [0.15, 0.2) is 41.8 Å². The molecular weight excluding hydrogens is 228 g/mol. The van der Waals surface area contributed by atoms with Gasteiger partial charge in [0.2, 0.25) is 0 Å². The van der Waals surface area contributed by atoms with Crippen LogP contribution >= 0.6 is 11.3 Å². The molecule has 0 amide bonds. The quantitative estimate of drug-likeness (QED) is 0.679. The van der Waals surface area contributed by atoms with E-state index in [1.807, 2.05) is 42.5 Å². The highest BCUT2D eigenvalue weighted by Crippen LogP contribution is 2.13. The van der Waals surface area contributed by atoms with Crippen LogP contribution in [-0.4, -0.2) is 9.97 Å². The van der Waals surface area contributed by atoms with Crippen LogP contribution in [0.25, 0.3) is 23.2 Å². The largest absolute Gasteiger partial charge is 0.244 e. The number of thiophene rings is 1. The summed E-state index contributed by atoms with van der Waals surface area (Å²) in [5, 5.41) is 2.05. The molecule has 0 unspecified atom stereocenters. The smallest absolute Gasteiger partial charge is 0.117 e. The molecule has 3 heteroatoms. The van der Waals surface area contributed by atoms with Crippen LogP contribution in [-0.2, 0) is 0 Å². The second kappa shape index (κ2) is 4.47. The maximum Gasteiger partial charge on any atom is 0.117 e. The van der Waals surface area contributed by atoms with Crippen LogP contribution < -0.4 is 0 Å². The molecular formula is C14H9N2S. The fourth-order valence-electron chi connectivity index (χ4n) is 1.55. The van der Waals surface area contributed by atoms with E-state index in [4.69, 9.17) is 0 Å². The fourth-order valence-corrected chi connectivity index (χ4v) is 2.17. The van der Waals surface area contributed by atoms with Crippen molar-refractivity contribution in [2.45, 2.75) is 0 Å². The molecule has 0 bridgehead atoms. The topological polar surface area (TPSA) is 25.8 Å². The van der Waals surface area contributed by atoms with Gasteiger partial charge in [-0.3, -0.25) is 0 Å². The molecule has 0 aliphatic carbocycles. The Morgan fingerprint density at radius 3 is 2.71 bits per heavy atom. The van der Waals surface area contributed by atoms with Crippen LogP contribution in [0, 0.1) is 6.20 Å². The maximum atomic E-state index is 4.47. The van der Waals surface area contributed by atoms with Crippen molar-refractivity contribution >= 4 is 34.5 Å². The molecule has 0 saturated carbocycles. The molecule has 2 aromatic heterocycles. The number of aromatic nitrogens is 2. The highest BCUT2D eigenvalue weighted by Gasteiger charge is 1.96. The van der Waals surface area contributed by atoms with E-state index in [-0.39, 0.29) is 0 Å². The molecule has 17 heavy (non-hydrogen) atoms. The van der Waals surface area contributed by atoms with Crippen LogP contribution in [0.1, 0.15) is 10.6 Å². The summed E-state index contributed by atoms with van der Waals surface area (Å²) in [5.41, 5.74) is 2.54. The molecule has 1 radical (unpaired) electrons. The third kappa shape index (κ3) is 2.24. The van der Waals surface area contributed by atoms with Crippen molar-refractivity contribution in [2.24, 2.45) is 0 Å². The first-order valence-corrected chi connectivity index (χ1v) is 6.16. The van der Waals surface area contributed by atoms with Crippen LogP contribution in [0.3, 0.4) is 0 Å². The number of rotatable bonds is 2. The summed E-state index contributed by atoms with van der Waals surface area (Å²) in [5.74, 6) is 0. The summed E-state index contributed by atoms with van der Waals surface area (Å²) < 4.78 is 0. The van der Waals surface area contributed by atoms with E-state index in [0.717, 1.165) is 16.7 Å². The van der Waals surface area contributed by atoms with E-state index < -0.39 is 0 Å². The number of hydrogen-bond acceptors (Lipinski definition) is 3. The zero-order valence-corrected chi connectivity index (χ0v) is 9.82. The summed E-state index contributed by atoms with van der Waals surface area (Å²) in [7, 11) is 0. The van der Waals surface area contributed by atoms with E-state index in [2.05, 4.69) is 27.6 Å². The highest BCUT2D eigenvalue weighted by atomic mass is 32.1. The van der Waals surface area contributed by atoms with Crippen molar-refractivity contribution in [3.8, 4) is 0 Å². The Labute approximate surface area is 103 Å². The molecule has 0 N–H and O–H groups in total. The molecule has 0 aliphatic heterocycles. The zero-order chi connectivity index (χ0) is 11.5. The molecule has 3 rings (SSSR count). The lowest BCUT2D eigenvalue weighted by Gasteiger charge is -1.96. The minimum Gasteiger partial charge on any atom is -0.244 e. The molecule has 81 valence electrons. The second-order valence-electron chi connectivity index (χ2n) is 3.56. The van der Waals surface area contributed by atoms with E-state index >= 15 is 0 Å². The number of benzene rings is 1. The van der Waals surface area contributed by atoms with Gasteiger partial charge < -0.3 is 0 Å². The number of fused-ring (bicyclic) bond motifs is 1. The van der Waals surface area contributed by atoms with Crippen molar-refractivity contribution < 1.29 is 0 Å². The molecule has 0 aliphatic rings. The van der Waals surface area contributed by atoms with Gasteiger partial charge in [0.05, 0.1) is 16.7 Å². The Kier molecular flexibility index (Phi) is 2.68. The Morgan fingerprint density at radius 2 is 1.88 bits per heavy atom. The van der Waals surface area contributed by atoms with Crippen LogP contribution in [0.2, 0.25) is 0 Å². The Hall–Kier alpha value is -2.00. The van der Waals surface area contributed by atoms with Crippen molar-refractivity contribution in [1.29, 1.82) is 0 Å². The zero-order valence-electron chi connectivity index (χ0n) is 9.00. The monoisotopic (exact) mass is 237 g/mol. The summed E-state index contributed by atoms with van der Waals surface area (Å²) in [6.07, 6.45) is 6.89. The summed E-state index contributed by atoms with van der Waals surface area (Å²) >= 11 is 1.70. The summed E-state index contributed by atoms with van der Waals surface area (Å²) in [6.45, 7) is 0. The van der Waals surface area contributed by atoms with Crippen molar-refractivity contribution in [1.82, 2.24) is 9.97 Å². The molecule has 1 aromatic carbocycles. The van der Waals surface area contributed by atoms with Gasteiger partial charge in [-0.25, -0.2) is 9.97 Å². The van der Waals surface area contributed by atoms with Crippen LogP contribution in [0.5, 0.6) is 0 Å². The van der Waals surface area contributed by atoms with Crippen molar-refractivity contribution in [3.05, 3.63) is 58.5 Å². The van der Waals surface area contributed by atoms with Gasteiger partial charge in [0.25, 0.3) is 0 Å². The first-order chi connectivity index (χ1) is 8.42. The molecule has 0 fully saturated rings. The lowest BCUT2D eigenvalue weighted by Crippen LogP contribution is -1.86. The van der Waals surface area contributed by atoms with Gasteiger partial charge in [-0.1, -0.05) is 18.2 Å². The molecule has 2 nitrogen and oxygen atoms in total. The number of hydrogen-bond donors (Lipinski definition) is 0. The van der Waals surface area contributed by atoms with Gasteiger partial charge in [-0.05, 0) is 35.7 Å². The standard InChI is InChI=1S/C14H9N2S/c1-2-6-14-13(5-1)15-10-11(16-14)7-8-12-4-3-9-17-12/h1-9H. The van der Waals surface area contributed by atoms with Crippen molar-refractivity contribution in [2.75, 3.05) is 0 Å². The highest BCUT2D eigenvalue weighted by molar-refractivity contribution is 7.10. The summed E-state index contributed by atoms with van der Waals surface area (Å²) in [4.78, 5) is 9.92. The van der Waals surface area contributed by atoms with Crippen molar-refractivity contribution in [3.63, 3.8) is 0 Å². The van der Waals surface area contributed by atoms with E-state index in [1.165, 1.54) is 4.88 Å². The molecule has 0 atom stereocenters. The molecule has 0 saturated heterocycles. The molecule has 0 spiro atoms. The first-order valence-electron chi connectivity index (χ1n) is 5.28. The fraction of sp³-hybridized carbons (Fsp3) is 0. The van der Waals surface area contributed by atoms with Gasteiger partial charge in [0, 0.05) is 4.88 Å². The van der Waals surface area contributed by atoms with E-state index in [9.17, 15) is 0 Å². The second-order valence-corrected chi connectivity index (χ2v) is 4.54. The van der Waals surface area contributed by atoms with E-state index in [1.54, 1.807) is 11.3 Å². The minimum atomic E-state index is 0.761. The van der Waals surface area contributed by atoms with Gasteiger partial charge in [0.15, 0.2) is 0 Å². The maximum absolute atomic E-state index is 4.47.